The summed E-state index contributed by atoms with van der Waals surface area (Å²) in [7, 11) is 0. The second-order valence-corrected chi connectivity index (χ2v) is 15.5. The molecule has 384 valence electrons. The molecule has 20 atom stereocenters. The minimum atomic E-state index is -1.44. The molecule has 0 aliphatic carbocycles. The fraction of sp³-hybridized carbons (Fsp3) is 0.886. The monoisotopic (exact) mass is 978 g/mol. The van der Waals surface area contributed by atoms with Gasteiger partial charge < -0.3 is 86.2 Å². The van der Waals surface area contributed by atoms with Gasteiger partial charge in [0.15, 0.2) is 25.2 Å². The summed E-state index contributed by atoms with van der Waals surface area (Å²) in [5.41, 5.74) is 33.3. The average molecular weight is 979 g/mol. The van der Waals surface area contributed by atoms with E-state index in [0.717, 1.165) is 6.42 Å². The molecule has 4 rings (SSSR count). The fourth-order valence-corrected chi connectivity index (χ4v) is 7.13. The third-order valence-electron chi connectivity index (χ3n) is 10.6. The Bertz CT molecular complexity index is 1770. The van der Waals surface area contributed by atoms with Gasteiger partial charge in [-0.1, -0.05) is 47.6 Å². The number of aliphatic hydroxyl groups excluding tert-OH is 9. The van der Waals surface area contributed by atoms with Crippen LogP contribution in [0.2, 0.25) is 0 Å². The molecule has 68 heavy (non-hydrogen) atoms. The number of ether oxygens (including phenoxy) is 4. The standard InChI is InChI=1S/C10H19NO4.C9H16N4O4.C8H13N7O4.C8H14N4O5/c1-4-5(2)9-8(13)7(10(14)15-9)11-6(3)12;1-3-5(12-13-10)8-7(15)6(9(16)17-8)11-4(2)14;1-3(16)12-5-6(17)7(19-8(5)18)4(13-15-10)2-11-14-9;1-3(14)10-5-6(15)7(17-8(5)16)4(2-13)11-12-9/h5,7-10,13-14H,4H2,1-3H3,(H,11,12);5-9,15-16H,3H2,1-2H3,(H,11,14);4-8,17-18H,2H2,1H3,(H,12,16);4-8,13,15-16H,2H2,1H3,(H,10,14)/t5-,7+,8?,9+,10?;5-,6+,7?,8+,9?;2*4?,5-,6?,7-,8?/m0011/s1. The molecule has 0 aromatic carbocycles. The lowest BCUT2D eigenvalue weighted by atomic mass is 9.95. The lowest BCUT2D eigenvalue weighted by Crippen LogP contribution is -2.48. The van der Waals surface area contributed by atoms with Crippen LogP contribution in [0.4, 0.5) is 0 Å². The van der Waals surface area contributed by atoms with Crippen LogP contribution in [0.25, 0.3) is 41.8 Å². The summed E-state index contributed by atoms with van der Waals surface area (Å²) in [5.74, 6) is -1.42. The zero-order chi connectivity index (χ0) is 52.0. The Hall–Kier alpha value is -5.40. The number of carbonyl (C=O) groups excluding carboxylic acids is 4. The zero-order valence-electron chi connectivity index (χ0n) is 38.0. The van der Waals surface area contributed by atoms with Gasteiger partial charge in [0, 0.05) is 53.9 Å². The van der Waals surface area contributed by atoms with Crippen LogP contribution in [0.15, 0.2) is 20.5 Å². The van der Waals surface area contributed by atoms with Crippen molar-refractivity contribution in [1.82, 2.24) is 21.3 Å². The van der Waals surface area contributed by atoms with E-state index in [1.54, 1.807) is 6.92 Å². The maximum absolute atomic E-state index is 10.9. The van der Waals surface area contributed by atoms with Crippen molar-refractivity contribution in [3.63, 3.8) is 0 Å². The van der Waals surface area contributed by atoms with Crippen LogP contribution >= 0.6 is 0 Å². The van der Waals surface area contributed by atoms with E-state index >= 15 is 0 Å². The van der Waals surface area contributed by atoms with Gasteiger partial charge in [0.1, 0.15) is 48.6 Å². The molecule has 4 amide bonds. The first-order valence-corrected chi connectivity index (χ1v) is 20.9. The van der Waals surface area contributed by atoms with Crippen LogP contribution in [0.1, 0.15) is 61.3 Å². The zero-order valence-corrected chi connectivity index (χ0v) is 38.0. The molecule has 4 saturated heterocycles. The van der Waals surface area contributed by atoms with E-state index in [2.05, 4.69) is 61.4 Å². The van der Waals surface area contributed by atoms with Crippen molar-refractivity contribution in [2.24, 2.45) is 26.4 Å². The molecule has 0 saturated carbocycles. The predicted molar refractivity (Wildman–Crippen MR) is 228 cm³/mol. The van der Waals surface area contributed by atoms with Gasteiger partial charge in [0.2, 0.25) is 23.6 Å². The Morgan fingerprint density at radius 2 is 0.794 bits per heavy atom. The molecule has 0 aromatic rings. The fourth-order valence-electron chi connectivity index (χ4n) is 7.13. The minimum Gasteiger partial charge on any atom is -0.396 e. The van der Waals surface area contributed by atoms with Gasteiger partial charge in [-0.2, -0.15) is 0 Å². The first kappa shape index (κ1) is 60.6. The highest BCUT2D eigenvalue weighted by Crippen LogP contribution is 2.29. The van der Waals surface area contributed by atoms with E-state index in [1.165, 1.54) is 27.7 Å². The van der Waals surface area contributed by atoms with E-state index in [0.29, 0.717) is 6.42 Å². The molecule has 33 heteroatoms. The number of nitrogens with one attached hydrogen (secondary N) is 4. The maximum Gasteiger partial charge on any atom is 0.217 e. The van der Waals surface area contributed by atoms with Gasteiger partial charge in [0.25, 0.3) is 0 Å². The summed E-state index contributed by atoms with van der Waals surface area (Å²) in [4.78, 5) is 53.7. The van der Waals surface area contributed by atoms with E-state index in [9.17, 15) is 60.0 Å². The molecular weight excluding hydrogens is 916 g/mol. The third kappa shape index (κ3) is 17.9. The Kier molecular flexibility index (Phi) is 26.9. The van der Waals surface area contributed by atoms with Crippen molar-refractivity contribution < 1.29 is 84.1 Å². The third-order valence-corrected chi connectivity index (χ3v) is 10.6. The lowest BCUT2D eigenvalue weighted by Gasteiger charge is -2.21. The number of carbonyl (C=O) groups is 4. The Labute approximate surface area is 387 Å². The van der Waals surface area contributed by atoms with Gasteiger partial charge in [0.05, 0.1) is 49.1 Å². The molecule has 4 aliphatic rings. The highest BCUT2D eigenvalue weighted by Gasteiger charge is 2.49. The van der Waals surface area contributed by atoms with Crippen molar-refractivity contribution in [2.45, 2.75) is 178 Å². The quantitative estimate of drug-likeness (QED) is 0.0418. The van der Waals surface area contributed by atoms with Crippen LogP contribution in [-0.2, 0) is 38.1 Å². The van der Waals surface area contributed by atoms with Gasteiger partial charge >= 0.3 is 0 Å². The number of aliphatic hydroxyl groups is 9. The SMILES string of the molecule is CC(=O)N[C@H]1C(O)O[C@H](C(CN=[N+]=[N-])N=[N+]=[N-])C1O.CC(=O)N[C@H]1C(O)O[C@H](C(CO)N=[N+]=[N-])C1O.CC[C@H](C)[C@H]1OC(O)[C@H](NC(C)=O)C1O.CC[C@H](N=[N+]=[N-])[C@H]1OC(O)[C@H](NC(C)=O)C1O. The summed E-state index contributed by atoms with van der Waals surface area (Å²) < 4.78 is 20.3. The van der Waals surface area contributed by atoms with Gasteiger partial charge in [-0.25, -0.2) is 0 Å². The number of hydrogen-bond donors (Lipinski definition) is 13. The molecule has 4 aliphatic heterocycles. The Morgan fingerprint density at radius 1 is 0.500 bits per heavy atom. The molecule has 0 spiro atoms. The highest BCUT2D eigenvalue weighted by atomic mass is 16.6. The van der Waals surface area contributed by atoms with Gasteiger partial charge in [-0.15, -0.1) is 0 Å². The number of hydrogen-bond acceptors (Lipinski definition) is 21. The Morgan fingerprint density at radius 3 is 1.09 bits per heavy atom. The number of amides is 4. The van der Waals surface area contributed by atoms with Crippen LogP contribution < -0.4 is 21.3 Å². The van der Waals surface area contributed by atoms with Crippen LogP contribution in [-0.4, -0.2) is 199 Å². The molecule has 33 nitrogen and oxygen atoms in total. The van der Waals surface area contributed by atoms with Crippen LogP contribution in [0.5, 0.6) is 0 Å². The molecule has 0 aromatic heterocycles. The van der Waals surface area contributed by atoms with E-state index in [4.69, 9.17) is 46.2 Å². The van der Waals surface area contributed by atoms with Crippen molar-refractivity contribution >= 4 is 23.6 Å². The van der Waals surface area contributed by atoms with Crippen molar-refractivity contribution in [3.05, 3.63) is 41.8 Å². The lowest BCUT2D eigenvalue weighted by molar-refractivity contribution is -0.128. The summed E-state index contributed by atoms with van der Waals surface area (Å²) in [6.45, 7) is 9.99. The summed E-state index contributed by atoms with van der Waals surface area (Å²) >= 11 is 0. The van der Waals surface area contributed by atoms with E-state index in [-0.39, 0.29) is 24.3 Å². The molecular formula is C35H62N16O17. The van der Waals surface area contributed by atoms with Crippen LogP contribution in [0, 0.1) is 5.92 Å². The number of rotatable bonds is 16. The Balaban J connectivity index is 0.000000455. The predicted octanol–water partition coefficient (Wildman–Crippen LogP) is -2.93. The number of nitrogens with zero attached hydrogens (tertiary/aromatic N) is 12. The molecule has 10 unspecified atom stereocenters. The first-order chi connectivity index (χ1) is 32.0. The average Bonchev–Trinajstić information content (AvgIpc) is 3.92. The van der Waals surface area contributed by atoms with Gasteiger partial charge in [-0.3, -0.25) is 19.2 Å². The molecule has 13 N–H and O–H groups in total. The second-order valence-electron chi connectivity index (χ2n) is 15.5. The molecule has 0 bridgehead atoms. The molecule has 4 fully saturated rings. The van der Waals surface area contributed by atoms with Gasteiger partial charge in [-0.05, 0) is 34.5 Å². The largest absolute Gasteiger partial charge is 0.396 e. The second kappa shape index (κ2) is 30.2. The maximum atomic E-state index is 10.9. The van der Waals surface area contributed by atoms with Crippen molar-refractivity contribution in [3.8, 4) is 0 Å². The highest BCUT2D eigenvalue weighted by molar-refractivity contribution is 5.74. The summed E-state index contributed by atoms with van der Waals surface area (Å²) in [6, 6.07) is -6.26. The van der Waals surface area contributed by atoms with E-state index < -0.39 is 135 Å². The summed E-state index contributed by atoms with van der Waals surface area (Å²) in [6.07, 6.45) is -11.9. The minimum absolute atomic E-state index is 0.147. The van der Waals surface area contributed by atoms with Crippen LogP contribution in [0.3, 0.4) is 0 Å². The number of azide groups is 4. The topological polar surface area (TPSA) is 530 Å². The smallest absolute Gasteiger partial charge is 0.217 e. The van der Waals surface area contributed by atoms with E-state index in [1.807, 2.05) is 13.8 Å². The summed E-state index contributed by atoms with van der Waals surface area (Å²) in [5, 5.41) is 109. The molecule has 4 heterocycles. The first-order valence-electron chi connectivity index (χ1n) is 20.9. The van der Waals surface area contributed by atoms with Crippen molar-refractivity contribution in [2.75, 3.05) is 13.2 Å². The normalized spacial score (nSPS) is 33.9. The molecule has 0 radical (unpaired) electrons. The van der Waals surface area contributed by atoms with Crippen molar-refractivity contribution in [1.29, 1.82) is 0 Å².